The van der Waals surface area contributed by atoms with Crippen LogP contribution in [0.3, 0.4) is 0 Å². The van der Waals surface area contributed by atoms with E-state index in [9.17, 15) is 4.79 Å². The fraction of sp³-hybridized carbons (Fsp3) is 0.333. The highest BCUT2D eigenvalue weighted by Gasteiger charge is 2.20. The Hall–Kier alpha value is -2.41. The molecule has 3 rings (SSSR count). The van der Waals surface area contributed by atoms with E-state index in [0.717, 1.165) is 5.69 Å². The van der Waals surface area contributed by atoms with Crippen LogP contribution >= 0.6 is 11.8 Å². The van der Waals surface area contributed by atoms with Gasteiger partial charge in [-0.2, -0.15) is 0 Å². The minimum absolute atomic E-state index is 0.0953. The summed E-state index contributed by atoms with van der Waals surface area (Å²) in [6.07, 6.45) is 5.18. The van der Waals surface area contributed by atoms with Crippen molar-refractivity contribution in [1.29, 1.82) is 0 Å². The highest BCUT2D eigenvalue weighted by molar-refractivity contribution is 7.98. The second kappa shape index (κ2) is 6.48. The van der Waals surface area contributed by atoms with Gasteiger partial charge in [-0.05, 0) is 18.4 Å². The van der Waals surface area contributed by atoms with Crippen molar-refractivity contribution in [1.82, 2.24) is 24.3 Å². The van der Waals surface area contributed by atoms with Crippen LogP contribution in [0.15, 0.2) is 47.0 Å². The van der Waals surface area contributed by atoms with Gasteiger partial charge < -0.3 is 0 Å². The molecule has 0 fully saturated rings. The summed E-state index contributed by atoms with van der Waals surface area (Å²) >= 11 is 1.44. The average molecular weight is 355 g/mol. The SMILES string of the molecule is C=CCn1c(=O)c2cnc(SC)nc2n1-c1cccc(C(C)(C)C)n1. The molecule has 0 radical (unpaired) electrons. The van der Waals surface area contributed by atoms with Gasteiger partial charge in [-0.15, -0.1) is 6.58 Å². The summed E-state index contributed by atoms with van der Waals surface area (Å²) in [6, 6.07) is 5.83. The zero-order valence-electron chi connectivity index (χ0n) is 14.9. The molecule has 0 aliphatic carbocycles. The average Bonchev–Trinajstić information content (AvgIpc) is 2.86. The molecule has 0 aromatic carbocycles. The van der Waals surface area contributed by atoms with E-state index in [1.165, 1.54) is 11.8 Å². The first kappa shape index (κ1) is 17.4. The second-order valence-electron chi connectivity index (χ2n) is 6.71. The summed E-state index contributed by atoms with van der Waals surface area (Å²) < 4.78 is 3.35. The lowest BCUT2D eigenvalue weighted by atomic mass is 9.92. The van der Waals surface area contributed by atoms with Gasteiger partial charge >= 0.3 is 0 Å². The number of rotatable bonds is 4. The van der Waals surface area contributed by atoms with E-state index in [1.807, 2.05) is 24.5 Å². The number of aromatic nitrogens is 5. The van der Waals surface area contributed by atoms with Gasteiger partial charge in [0.15, 0.2) is 16.6 Å². The molecule has 3 heterocycles. The standard InChI is InChI=1S/C18H21N5OS/c1-6-10-22-16(24)12-11-19-17(25-5)21-15(12)23(22)14-9-7-8-13(20-14)18(2,3)4/h6-9,11H,1,10H2,2-5H3. The van der Waals surface area contributed by atoms with Gasteiger partial charge in [0.25, 0.3) is 5.56 Å². The van der Waals surface area contributed by atoms with E-state index in [1.54, 1.807) is 21.6 Å². The molecule has 0 atom stereocenters. The van der Waals surface area contributed by atoms with Gasteiger partial charge in [0, 0.05) is 17.3 Å². The summed E-state index contributed by atoms with van der Waals surface area (Å²) in [4.78, 5) is 26.3. The van der Waals surface area contributed by atoms with E-state index in [2.05, 4.69) is 37.3 Å². The Morgan fingerprint density at radius 2 is 2.04 bits per heavy atom. The molecule has 6 nitrogen and oxygen atoms in total. The lowest BCUT2D eigenvalue weighted by molar-refractivity contribution is 0.554. The molecule has 130 valence electrons. The number of pyridine rings is 1. The first-order valence-electron chi connectivity index (χ1n) is 7.98. The van der Waals surface area contributed by atoms with Crippen molar-refractivity contribution in [3.05, 3.63) is 53.1 Å². The maximum Gasteiger partial charge on any atom is 0.278 e. The zero-order chi connectivity index (χ0) is 18.2. The number of hydrogen-bond donors (Lipinski definition) is 0. The first-order chi connectivity index (χ1) is 11.9. The molecule has 0 unspecified atom stereocenters. The molecule has 0 spiro atoms. The third-order valence-electron chi connectivity index (χ3n) is 3.86. The number of hydrogen-bond acceptors (Lipinski definition) is 5. The summed E-state index contributed by atoms with van der Waals surface area (Å²) in [5.74, 6) is 0.659. The summed E-state index contributed by atoms with van der Waals surface area (Å²) in [5, 5.41) is 1.09. The van der Waals surface area contributed by atoms with E-state index in [-0.39, 0.29) is 11.0 Å². The van der Waals surface area contributed by atoms with Crippen molar-refractivity contribution in [2.75, 3.05) is 6.26 Å². The van der Waals surface area contributed by atoms with Crippen LogP contribution in [0.25, 0.3) is 16.9 Å². The molecular formula is C18H21N5OS. The molecule has 0 aliphatic rings. The predicted octanol–water partition coefficient (Wildman–Crippen LogP) is 3.18. The molecular weight excluding hydrogens is 334 g/mol. The fourth-order valence-corrected chi connectivity index (χ4v) is 2.93. The smallest absolute Gasteiger partial charge is 0.267 e. The Balaban J connectivity index is 2.36. The summed E-state index contributed by atoms with van der Waals surface area (Å²) in [6.45, 7) is 10.5. The number of nitrogens with zero attached hydrogens (tertiary/aromatic N) is 5. The van der Waals surface area contributed by atoms with Crippen LogP contribution in [0.1, 0.15) is 26.5 Å². The third-order valence-corrected chi connectivity index (χ3v) is 4.42. The van der Waals surface area contributed by atoms with Crippen molar-refractivity contribution >= 4 is 22.8 Å². The van der Waals surface area contributed by atoms with E-state index in [0.29, 0.717) is 28.6 Å². The largest absolute Gasteiger partial charge is 0.278 e. The van der Waals surface area contributed by atoms with Crippen LogP contribution in [0.2, 0.25) is 0 Å². The fourth-order valence-electron chi connectivity index (χ4n) is 2.59. The lowest BCUT2D eigenvalue weighted by Crippen LogP contribution is -2.23. The van der Waals surface area contributed by atoms with E-state index in [4.69, 9.17) is 4.98 Å². The van der Waals surface area contributed by atoms with Gasteiger partial charge in [-0.3, -0.25) is 4.79 Å². The van der Waals surface area contributed by atoms with Crippen molar-refractivity contribution < 1.29 is 0 Å². The van der Waals surface area contributed by atoms with Crippen LogP contribution in [-0.2, 0) is 12.0 Å². The normalized spacial score (nSPS) is 11.8. The van der Waals surface area contributed by atoms with Crippen LogP contribution < -0.4 is 5.56 Å². The topological polar surface area (TPSA) is 65.6 Å². The van der Waals surface area contributed by atoms with Crippen LogP contribution in [0.5, 0.6) is 0 Å². The van der Waals surface area contributed by atoms with E-state index < -0.39 is 0 Å². The molecule has 25 heavy (non-hydrogen) atoms. The Morgan fingerprint density at radius 1 is 1.28 bits per heavy atom. The Labute approximate surface area is 150 Å². The molecule has 0 bridgehead atoms. The zero-order valence-corrected chi connectivity index (χ0v) is 15.7. The monoisotopic (exact) mass is 355 g/mol. The molecule has 0 N–H and O–H groups in total. The maximum atomic E-state index is 12.8. The molecule has 7 heteroatoms. The molecule has 0 aliphatic heterocycles. The van der Waals surface area contributed by atoms with Crippen molar-refractivity contribution in [2.24, 2.45) is 0 Å². The molecule has 3 aromatic rings. The highest BCUT2D eigenvalue weighted by atomic mass is 32.2. The first-order valence-corrected chi connectivity index (χ1v) is 9.20. The molecule has 3 aromatic heterocycles. The number of thioether (sulfide) groups is 1. The minimum Gasteiger partial charge on any atom is -0.267 e. The lowest BCUT2D eigenvalue weighted by Gasteiger charge is -2.19. The number of fused-ring (bicyclic) bond motifs is 1. The second-order valence-corrected chi connectivity index (χ2v) is 7.49. The van der Waals surface area contributed by atoms with Crippen molar-refractivity contribution in [3.8, 4) is 5.82 Å². The maximum absolute atomic E-state index is 12.8. The van der Waals surface area contributed by atoms with Gasteiger partial charge in [0.05, 0.1) is 6.54 Å². The molecule has 0 saturated heterocycles. The number of allylic oxidation sites excluding steroid dienone is 1. The van der Waals surface area contributed by atoms with E-state index >= 15 is 0 Å². The third kappa shape index (κ3) is 3.11. The van der Waals surface area contributed by atoms with Gasteiger partial charge in [0.2, 0.25) is 0 Å². The van der Waals surface area contributed by atoms with Gasteiger partial charge in [-0.1, -0.05) is 44.7 Å². The summed E-state index contributed by atoms with van der Waals surface area (Å²) in [7, 11) is 0. The van der Waals surface area contributed by atoms with Crippen LogP contribution in [0.4, 0.5) is 0 Å². The molecule has 0 amide bonds. The van der Waals surface area contributed by atoms with Crippen molar-refractivity contribution in [3.63, 3.8) is 0 Å². The van der Waals surface area contributed by atoms with Crippen molar-refractivity contribution in [2.45, 2.75) is 37.9 Å². The van der Waals surface area contributed by atoms with Crippen LogP contribution in [0, 0.1) is 0 Å². The highest BCUT2D eigenvalue weighted by Crippen LogP contribution is 2.22. The van der Waals surface area contributed by atoms with Gasteiger partial charge in [-0.25, -0.2) is 24.3 Å². The molecule has 0 saturated carbocycles. The van der Waals surface area contributed by atoms with Gasteiger partial charge in [0.1, 0.15) is 5.39 Å². The Kier molecular flexibility index (Phi) is 4.51. The minimum atomic E-state index is -0.148. The Bertz CT molecular complexity index is 997. The van der Waals surface area contributed by atoms with Crippen LogP contribution in [-0.4, -0.2) is 30.6 Å². The summed E-state index contributed by atoms with van der Waals surface area (Å²) in [5.41, 5.74) is 1.26. The Morgan fingerprint density at radius 3 is 2.68 bits per heavy atom. The quantitative estimate of drug-likeness (QED) is 0.408. The predicted molar refractivity (Wildman–Crippen MR) is 102 cm³/mol.